The van der Waals surface area contributed by atoms with Crippen LogP contribution in [0.15, 0.2) is 24.3 Å². The van der Waals surface area contributed by atoms with Crippen LogP contribution in [0.3, 0.4) is 0 Å². The Morgan fingerprint density at radius 1 is 1.29 bits per heavy atom. The molecule has 1 amide bonds. The van der Waals surface area contributed by atoms with Gasteiger partial charge < -0.3 is 15.4 Å². The quantitative estimate of drug-likeness (QED) is 0.905. The van der Waals surface area contributed by atoms with Gasteiger partial charge >= 0.3 is 0 Å². The lowest BCUT2D eigenvalue weighted by Gasteiger charge is -2.34. The van der Waals surface area contributed by atoms with E-state index in [4.69, 9.17) is 10.5 Å². The predicted molar refractivity (Wildman–Crippen MR) is 98.7 cm³/mol. The van der Waals surface area contributed by atoms with Crippen molar-refractivity contribution in [2.24, 2.45) is 11.1 Å². The van der Waals surface area contributed by atoms with Gasteiger partial charge in [-0.3, -0.25) is 4.79 Å². The van der Waals surface area contributed by atoms with Gasteiger partial charge in [-0.15, -0.1) is 12.4 Å². The molecular formula is C19H29ClN2O2. The van der Waals surface area contributed by atoms with Crippen LogP contribution in [0.1, 0.15) is 44.6 Å². The van der Waals surface area contributed by atoms with Crippen LogP contribution < -0.4 is 10.5 Å². The Hall–Kier alpha value is -1.26. The van der Waals surface area contributed by atoms with Crippen molar-refractivity contribution in [2.45, 2.75) is 44.4 Å². The molecule has 0 aromatic heterocycles. The Bertz CT molecular complexity index is 586. The molecule has 1 aliphatic carbocycles. The third kappa shape index (κ3) is 3.27. The minimum Gasteiger partial charge on any atom is -0.497 e. The highest BCUT2D eigenvalue weighted by Gasteiger charge is 2.47. The second kappa shape index (κ2) is 7.32. The predicted octanol–water partition coefficient (Wildman–Crippen LogP) is 3.13. The third-order valence-corrected chi connectivity index (χ3v) is 5.83. The number of carbonyl (C=O) groups excluding carboxylic acids is 1. The largest absolute Gasteiger partial charge is 0.497 e. The van der Waals surface area contributed by atoms with Crippen LogP contribution in [0.2, 0.25) is 0 Å². The Kier molecular flexibility index (Phi) is 5.82. The Morgan fingerprint density at radius 3 is 2.58 bits per heavy atom. The Labute approximate surface area is 151 Å². The zero-order chi connectivity index (χ0) is 16.5. The first kappa shape index (κ1) is 19.1. The fraction of sp³-hybridized carbons (Fsp3) is 0.632. The Balaban J connectivity index is 0.00000208. The monoisotopic (exact) mass is 352 g/mol. The molecule has 24 heavy (non-hydrogen) atoms. The molecule has 2 aliphatic rings. The fourth-order valence-corrected chi connectivity index (χ4v) is 4.19. The van der Waals surface area contributed by atoms with Crippen molar-refractivity contribution in [3.8, 4) is 5.75 Å². The number of likely N-dealkylation sites (tertiary alicyclic amines) is 1. The molecule has 1 atom stereocenters. The summed E-state index contributed by atoms with van der Waals surface area (Å²) in [5.41, 5.74) is 6.73. The number of halogens is 1. The average Bonchev–Trinajstić information content (AvgIpc) is 3.23. The van der Waals surface area contributed by atoms with E-state index in [0.717, 1.165) is 56.5 Å². The van der Waals surface area contributed by atoms with Crippen molar-refractivity contribution in [3.05, 3.63) is 29.8 Å². The molecule has 1 heterocycles. The lowest BCUT2D eigenvalue weighted by atomic mass is 9.77. The molecule has 2 fully saturated rings. The van der Waals surface area contributed by atoms with Crippen LogP contribution >= 0.6 is 12.4 Å². The molecule has 0 bridgehead atoms. The number of amides is 1. The first-order valence-electron chi connectivity index (χ1n) is 8.67. The van der Waals surface area contributed by atoms with E-state index >= 15 is 0 Å². The standard InChI is InChI=1S/C19H28N2O2.ClH/c1-18(13-20)10-11-21(14-18)17(22)19(8-3-4-9-19)15-6-5-7-16(12-15)23-2;/h5-7,12H,3-4,8-11,13-14,20H2,1-2H3;1H. The number of nitrogens with zero attached hydrogens (tertiary/aromatic N) is 1. The van der Waals surface area contributed by atoms with Crippen molar-refractivity contribution < 1.29 is 9.53 Å². The molecule has 1 saturated heterocycles. The molecule has 1 aromatic carbocycles. The lowest BCUT2D eigenvalue weighted by molar-refractivity contribution is -0.136. The van der Waals surface area contributed by atoms with E-state index in [1.807, 2.05) is 18.2 Å². The van der Waals surface area contributed by atoms with E-state index < -0.39 is 0 Å². The second-order valence-corrected chi connectivity index (χ2v) is 7.51. The van der Waals surface area contributed by atoms with Crippen LogP contribution in [0.25, 0.3) is 0 Å². The highest BCUT2D eigenvalue weighted by atomic mass is 35.5. The van der Waals surface area contributed by atoms with Gasteiger partial charge in [0, 0.05) is 13.1 Å². The Morgan fingerprint density at radius 2 is 2.00 bits per heavy atom. The molecule has 1 unspecified atom stereocenters. The van der Waals surface area contributed by atoms with Crippen LogP contribution in [-0.4, -0.2) is 37.6 Å². The van der Waals surface area contributed by atoms with Gasteiger partial charge in [0.25, 0.3) is 0 Å². The molecule has 1 saturated carbocycles. The summed E-state index contributed by atoms with van der Waals surface area (Å²) in [6.45, 7) is 4.45. The second-order valence-electron chi connectivity index (χ2n) is 7.51. The SMILES string of the molecule is COc1cccc(C2(C(=O)N3CCC(C)(CN)C3)CCCC2)c1.Cl. The van der Waals surface area contributed by atoms with Crippen molar-refractivity contribution in [1.29, 1.82) is 0 Å². The molecule has 5 heteroatoms. The summed E-state index contributed by atoms with van der Waals surface area (Å²) >= 11 is 0. The molecule has 4 nitrogen and oxygen atoms in total. The molecule has 2 N–H and O–H groups in total. The summed E-state index contributed by atoms with van der Waals surface area (Å²) in [6, 6.07) is 8.07. The molecule has 134 valence electrons. The highest BCUT2D eigenvalue weighted by Crippen LogP contribution is 2.45. The maximum Gasteiger partial charge on any atom is 0.233 e. The van der Waals surface area contributed by atoms with Gasteiger partial charge in [-0.25, -0.2) is 0 Å². The van der Waals surface area contributed by atoms with E-state index in [1.165, 1.54) is 0 Å². The normalized spacial score (nSPS) is 25.4. The van der Waals surface area contributed by atoms with Gasteiger partial charge in [-0.05, 0) is 48.9 Å². The first-order chi connectivity index (χ1) is 11.0. The van der Waals surface area contributed by atoms with Gasteiger partial charge in [-0.1, -0.05) is 31.9 Å². The maximum atomic E-state index is 13.4. The number of benzene rings is 1. The van der Waals surface area contributed by atoms with Crippen molar-refractivity contribution in [3.63, 3.8) is 0 Å². The van der Waals surface area contributed by atoms with Crippen LogP contribution in [0, 0.1) is 5.41 Å². The summed E-state index contributed by atoms with van der Waals surface area (Å²) in [5.74, 6) is 1.12. The lowest BCUT2D eigenvalue weighted by Crippen LogP contribution is -2.45. The third-order valence-electron chi connectivity index (χ3n) is 5.83. The minimum atomic E-state index is -0.367. The van der Waals surface area contributed by atoms with Crippen molar-refractivity contribution in [1.82, 2.24) is 4.90 Å². The number of carbonyl (C=O) groups is 1. The van der Waals surface area contributed by atoms with Crippen LogP contribution in [-0.2, 0) is 10.2 Å². The van der Waals surface area contributed by atoms with E-state index in [9.17, 15) is 4.79 Å². The summed E-state index contributed by atoms with van der Waals surface area (Å²) in [6.07, 6.45) is 5.11. The highest BCUT2D eigenvalue weighted by molar-refractivity contribution is 5.89. The van der Waals surface area contributed by atoms with E-state index in [1.54, 1.807) is 7.11 Å². The number of hydrogen-bond acceptors (Lipinski definition) is 3. The van der Waals surface area contributed by atoms with E-state index in [-0.39, 0.29) is 23.2 Å². The van der Waals surface area contributed by atoms with E-state index in [2.05, 4.69) is 17.9 Å². The number of hydrogen-bond donors (Lipinski definition) is 1. The molecule has 0 spiro atoms. The van der Waals surface area contributed by atoms with Gasteiger partial charge in [0.15, 0.2) is 0 Å². The summed E-state index contributed by atoms with van der Waals surface area (Å²) in [5, 5.41) is 0. The first-order valence-corrected chi connectivity index (χ1v) is 8.67. The zero-order valence-electron chi connectivity index (χ0n) is 14.7. The number of rotatable bonds is 4. The minimum absolute atomic E-state index is 0. The number of nitrogens with two attached hydrogens (primary N) is 1. The van der Waals surface area contributed by atoms with Crippen molar-refractivity contribution >= 4 is 18.3 Å². The fourth-order valence-electron chi connectivity index (χ4n) is 4.19. The van der Waals surface area contributed by atoms with Crippen LogP contribution in [0.4, 0.5) is 0 Å². The summed E-state index contributed by atoms with van der Waals surface area (Å²) in [4.78, 5) is 15.5. The molecule has 1 aromatic rings. The average molecular weight is 353 g/mol. The molecule has 3 rings (SSSR count). The van der Waals surface area contributed by atoms with Gasteiger partial charge in [0.1, 0.15) is 5.75 Å². The van der Waals surface area contributed by atoms with Crippen LogP contribution in [0.5, 0.6) is 5.75 Å². The van der Waals surface area contributed by atoms with Crippen molar-refractivity contribution in [2.75, 3.05) is 26.7 Å². The summed E-state index contributed by atoms with van der Waals surface area (Å²) < 4.78 is 5.37. The smallest absolute Gasteiger partial charge is 0.233 e. The van der Waals surface area contributed by atoms with Gasteiger partial charge in [0.2, 0.25) is 5.91 Å². The molecular weight excluding hydrogens is 324 g/mol. The number of ether oxygens (including phenoxy) is 1. The number of methoxy groups -OCH3 is 1. The van der Waals surface area contributed by atoms with E-state index in [0.29, 0.717) is 12.5 Å². The molecule has 1 aliphatic heterocycles. The summed E-state index contributed by atoms with van der Waals surface area (Å²) in [7, 11) is 1.68. The maximum absolute atomic E-state index is 13.4. The molecule has 0 radical (unpaired) electrons. The topological polar surface area (TPSA) is 55.6 Å². The zero-order valence-corrected chi connectivity index (χ0v) is 15.5. The van der Waals surface area contributed by atoms with Gasteiger partial charge in [0.05, 0.1) is 12.5 Å². The van der Waals surface area contributed by atoms with Gasteiger partial charge in [-0.2, -0.15) is 0 Å².